The Bertz CT molecular complexity index is 255. The van der Waals surface area contributed by atoms with Crippen LogP contribution in [0, 0.1) is 0 Å². The summed E-state index contributed by atoms with van der Waals surface area (Å²) < 4.78 is 10.8. The molecular formula is C14H28N2O3. The van der Waals surface area contributed by atoms with E-state index in [0.717, 1.165) is 32.5 Å². The molecule has 0 aromatic heterocycles. The first kappa shape index (κ1) is 16.4. The van der Waals surface area contributed by atoms with E-state index in [0.29, 0.717) is 12.7 Å². The monoisotopic (exact) mass is 272 g/mol. The van der Waals surface area contributed by atoms with Crippen molar-refractivity contribution in [2.45, 2.75) is 44.8 Å². The molecule has 0 saturated carbocycles. The van der Waals surface area contributed by atoms with Crippen LogP contribution in [0.25, 0.3) is 0 Å². The van der Waals surface area contributed by atoms with Gasteiger partial charge in [0, 0.05) is 13.2 Å². The number of likely N-dealkylation sites (N-methyl/N-ethyl adjacent to an activating group) is 2. The maximum absolute atomic E-state index is 11.6. The van der Waals surface area contributed by atoms with Crippen molar-refractivity contribution in [2.24, 2.45) is 0 Å². The van der Waals surface area contributed by atoms with Gasteiger partial charge in [-0.3, -0.25) is 4.79 Å². The molecule has 112 valence electrons. The van der Waals surface area contributed by atoms with Gasteiger partial charge in [0.05, 0.1) is 12.7 Å². The number of carbonyl (C=O) groups is 1. The predicted octanol–water partition coefficient (Wildman–Crippen LogP) is 1.03. The first-order chi connectivity index (χ1) is 9.17. The summed E-state index contributed by atoms with van der Waals surface area (Å²) in [5.41, 5.74) is 0. The molecule has 0 aromatic carbocycles. The molecule has 1 N–H and O–H groups in total. The lowest BCUT2D eigenvalue weighted by Gasteiger charge is -2.28. The first-order valence-corrected chi connectivity index (χ1v) is 7.31. The van der Waals surface area contributed by atoms with Crippen molar-refractivity contribution in [3.63, 3.8) is 0 Å². The summed E-state index contributed by atoms with van der Waals surface area (Å²) in [6.07, 6.45) is 4.72. The van der Waals surface area contributed by atoms with Crippen LogP contribution in [-0.2, 0) is 14.3 Å². The lowest BCUT2D eigenvalue weighted by molar-refractivity contribution is -0.145. The van der Waals surface area contributed by atoms with Gasteiger partial charge in [-0.2, -0.15) is 0 Å². The molecule has 0 aromatic rings. The van der Waals surface area contributed by atoms with E-state index in [2.05, 4.69) is 17.3 Å². The summed E-state index contributed by atoms with van der Waals surface area (Å²) in [7, 11) is 3.88. The topological polar surface area (TPSA) is 50.8 Å². The minimum Gasteiger partial charge on any atom is -0.465 e. The average molecular weight is 272 g/mol. The Morgan fingerprint density at radius 3 is 2.89 bits per heavy atom. The van der Waals surface area contributed by atoms with Crippen molar-refractivity contribution in [1.29, 1.82) is 0 Å². The van der Waals surface area contributed by atoms with E-state index in [1.807, 2.05) is 6.92 Å². The fourth-order valence-electron chi connectivity index (χ4n) is 2.36. The summed E-state index contributed by atoms with van der Waals surface area (Å²) in [5, 5.41) is 3.01. The summed E-state index contributed by atoms with van der Waals surface area (Å²) in [6.45, 7) is 4.96. The highest BCUT2D eigenvalue weighted by molar-refractivity contribution is 5.75. The molecule has 5 nitrogen and oxygen atoms in total. The van der Waals surface area contributed by atoms with Gasteiger partial charge >= 0.3 is 5.97 Å². The normalized spacial score (nSPS) is 21.4. The van der Waals surface area contributed by atoms with E-state index in [1.54, 1.807) is 7.05 Å². The van der Waals surface area contributed by atoms with Crippen LogP contribution in [0.5, 0.6) is 0 Å². The van der Waals surface area contributed by atoms with Crippen LogP contribution in [-0.4, -0.2) is 63.4 Å². The second-order valence-electron chi connectivity index (χ2n) is 5.13. The van der Waals surface area contributed by atoms with Crippen LogP contribution < -0.4 is 5.32 Å². The Kier molecular flexibility index (Phi) is 8.02. The summed E-state index contributed by atoms with van der Waals surface area (Å²) in [5.74, 6) is -0.160. The molecule has 0 radical (unpaired) electrons. The number of hydrogen-bond acceptors (Lipinski definition) is 5. The number of ether oxygens (including phenoxy) is 2. The fraction of sp³-hybridized carbons (Fsp3) is 0.929. The second kappa shape index (κ2) is 9.28. The number of rotatable bonds is 8. The van der Waals surface area contributed by atoms with E-state index in [9.17, 15) is 4.79 Å². The highest BCUT2D eigenvalue weighted by Crippen LogP contribution is 2.13. The van der Waals surface area contributed by atoms with Crippen LogP contribution in [0.15, 0.2) is 0 Å². The average Bonchev–Trinajstić information content (AvgIpc) is 2.41. The van der Waals surface area contributed by atoms with E-state index < -0.39 is 0 Å². The van der Waals surface area contributed by atoms with Gasteiger partial charge in [-0.25, -0.2) is 0 Å². The standard InChI is InChI=1S/C14H28N2O3/c1-4-18-14(17)13(15-2)8-9-16(3)11-12-7-5-6-10-19-12/h12-13,15H,4-11H2,1-3H3. The fourth-order valence-corrected chi connectivity index (χ4v) is 2.36. The first-order valence-electron chi connectivity index (χ1n) is 7.31. The molecule has 19 heavy (non-hydrogen) atoms. The molecule has 0 spiro atoms. The van der Waals surface area contributed by atoms with E-state index in [1.165, 1.54) is 12.8 Å². The maximum Gasteiger partial charge on any atom is 0.323 e. The molecule has 1 aliphatic heterocycles. The summed E-state index contributed by atoms with van der Waals surface area (Å²) in [6, 6.07) is -0.213. The maximum atomic E-state index is 11.6. The van der Waals surface area contributed by atoms with Crippen molar-refractivity contribution in [2.75, 3.05) is 40.4 Å². The highest BCUT2D eigenvalue weighted by Gasteiger charge is 2.20. The Morgan fingerprint density at radius 1 is 1.53 bits per heavy atom. The number of carbonyl (C=O) groups excluding carboxylic acids is 1. The zero-order chi connectivity index (χ0) is 14.1. The predicted molar refractivity (Wildman–Crippen MR) is 75.2 cm³/mol. The van der Waals surface area contributed by atoms with Gasteiger partial charge < -0.3 is 19.7 Å². The molecule has 2 unspecified atom stereocenters. The lowest BCUT2D eigenvalue weighted by Crippen LogP contribution is -2.40. The third kappa shape index (κ3) is 6.36. The minimum absolute atomic E-state index is 0.160. The molecule has 0 amide bonds. The minimum atomic E-state index is -0.213. The van der Waals surface area contributed by atoms with Gasteiger partial charge in [-0.15, -0.1) is 0 Å². The van der Waals surface area contributed by atoms with E-state index >= 15 is 0 Å². The lowest BCUT2D eigenvalue weighted by atomic mass is 10.1. The third-order valence-electron chi connectivity index (χ3n) is 3.51. The van der Waals surface area contributed by atoms with E-state index in [4.69, 9.17) is 9.47 Å². The van der Waals surface area contributed by atoms with Crippen molar-refractivity contribution in [1.82, 2.24) is 10.2 Å². The number of nitrogens with one attached hydrogen (secondary N) is 1. The molecule has 1 heterocycles. The van der Waals surface area contributed by atoms with Crippen LogP contribution in [0.4, 0.5) is 0 Å². The SMILES string of the molecule is CCOC(=O)C(CCN(C)CC1CCCCO1)NC. The zero-order valence-electron chi connectivity index (χ0n) is 12.5. The quantitative estimate of drug-likeness (QED) is 0.669. The van der Waals surface area contributed by atoms with Gasteiger partial charge in [-0.05, 0) is 53.2 Å². The van der Waals surface area contributed by atoms with Crippen LogP contribution in [0.3, 0.4) is 0 Å². The smallest absolute Gasteiger partial charge is 0.323 e. The Labute approximate surface area is 116 Å². The Hall–Kier alpha value is -0.650. The van der Waals surface area contributed by atoms with E-state index in [-0.39, 0.29) is 12.0 Å². The Morgan fingerprint density at radius 2 is 2.32 bits per heavy atom. The summed E-state index contributed by atoms with van der Waals surface area (Å²) in [4.78, 5) is 13.9. The van der Waals surface area contributed by atoms with Crippen LogP contribution in [0.2, 0.25) is 0 Å². The molecule has 1 aliphatic rings. The highest BCUT2D eigenvalue weighted by atomic mass is 16.5. The molecule has 1 saturated heterocycles. The molecule has 0 bridgehead atoms. The summed E-state index contributed by atoms with van der Waals surface area (Å²) >= 11 is 0. The van der Waals surface area contributed by atoms with Gasteiger partial charge in [0.2, 0.25) is 0 Å². The van der Waals surface area contributed by atoms with Crippen LogP contribution in [0.1, 0.15) is 32.6 Å². The molecular weight excluding hydrogens is 244 g/mol. The molecule has 5 heteroatoms. The van der Waals surface area contributed by atoms with Gasteiger partial charge in [0.1, 0.15) is 6.04 Å². The van der Waals surface area contributed by atoms with Crippen molar-refractivity contribution >= 4 is 5.97 Å². The number of hydrogen-bond donors (Lipinski definition) is 1. The number of nitrogens with zero attached hydrogens (tertiary/aromatic N) is 1. The zero-order valence-corrected chi connectivity index (χ0v) is 12.5. The molecule has 0 aliphatic carbocycles. The third-order valence-corrected chi connectivity index (χ3v) is 3.51. The van der Waals surface area contributed by atoms with Crippen molar-refractivity contribution in [3.8, 4) is 0 Å². The van der Waals surface area contributed by atoms with Crippen molar-refractivity contribution < 1.29 is 14.3 Å². The van der Waals surface area contributed by atoms with Gasteiger partial charge in [0.25, 0.3) is 0 Å². The van der Waals surface area contributed by atoms with Crippen molar-refractivity contribution in [3.05, 3.63) is 0 Å². The largest absolute Gasteiger partial charge is 0.465 e. The molecule has 1 rings (SSSR count). The Balaban J connectivity index is 2.23. The second-order valence-corrected chi connectivity index (χ2v) is 5.13. The number of esters is 1. The van der Waals surface area contributed by atoms with Gasteiger partial charge in [-0.1, -0.05) is 0 Å². The molecule has 2 atom stereocenters. The molecule has 1 fully saturated rings. The van der Waals surface area contributed by atoms with Crippen LogP contribution >= 0.6 is 0 Å². The van der Waals surface area contributed by atoms with Gasteiger partial charge in [0.15, 0.2) is 0 Å².